The highest BCUT2D eigenvalue weighted by Gasteiger charge is 2.46. The third-order valence-electron chi connectivity index (χ3n) is 3.25. The normalized spacial score (nSPS) is 26.1. The van der Waals surface area contributed by atoms with E-state index in [1.807, 2.05) is 0 Å². The van der Waals surface area contributed by atoms with Gasteiger partial charge in [0.15, 0.2) is 0 Å². The summed E-state index contributed by atoms with van der Waals surface area (Å²) in [4.78, 5) is 12.0. The van der Waals surface area contributed by atoms with Crippen LogP contribution in [0, 0.1) is 11.6 Å². The maximum Gasteiger partial charge on any atom is 0.240 e. The molecule has 0 aromatic heterocycles. The number of carbonyl (C=O) groups excluding carboxylic acids is 1. The number of fused-ring (bicyclic) bond motifs is 2. The van der Waals surface area contributed by atoms with Crippen molar-refractivity contribution in [1.82, 2.24) is 5.32 Å². The molecule has 88 valence electrons. The summed E-state index contributed by atoms with van der Waals surface area (Å²) in [5.41, 5.74) is -0.524. The fraction of sp³-hybridized carbons (Fsp3) is 0.250. The van der Waals surface area contributed by atoms with Crippen molar-refractivity contribution in [3.8, 4) is 0 Å². The molecule has 2 aliphatic heterocycles. The van der Waals surface area contributed by atoms with Crippen LogP contribution in [0.4, 0.5) is 14.5 Å². The molecule has 3 rings (SSSR count). The minimum Gasteiger partial charge on any atom is -0.322 e. The van der Waals surface area contributed by atoms with Gasteiger partial charge in [-0.3, -0.25) is 4.79 Å². The molecular formula is C12H10F2N2O. The zero-order chi connectivity index (χ0) is 12.0. The maximum absolute atomic E-state index is 13.6. The highest BCUT2D eigenvalue weighted by atomic mass is 19.1. The molecule has 0 fully saturated rings. The minimum absolute atomic E-state index is 0.0877. The molecule has 1 aromatic carbocycles. The molecule has 1 unspecified atom stereocenters. The van der Waals surface area contributed by atoms with Crippen molar-refractivity contribution in [2.45, 2.75) is 5.41 Å². The zero-order valence-corrected chi connectivity index (χ0v) is 8.89. The van der Waals surface area contributed by atoms with Gasteiger partial charge in [0, 0.05) is 24.7 Å². The Morgan fingerprint density at radius 2 is 2.12 bits per heavy atom. The minimum atomic E-state index is -0.976. The predicted molar refractivity (Wildman–Crippen MR) is 58.7 cm³/mol. The molecular weight excluding hydrogens is 226 g/mol. The van der Waals surface area contributed by atoms with Gasteiger partial charge >= 0.3 is 0 Å². The monoisotopic (exact) mass is 236 g/mol. The Hall–Kier alpha value is -1.75. The molecule has 2 N–H and O–H groups in total. The Morgan fingerprint density at radius 3 is 2.82 bits per heavy atom. The van der Waals surface area contributed by atoms with Crippen LogP contribution in [0.25, 0.3) is 0 Å². The lowest BCUT2D eigenvalue weighted by Crippen LogP contribution is -2.45. The van der Waals surface area contributed by atoms with Crippen LogP contribution in [-0.4, -0.2) is 19.0 Å². The number of nitrogens with one attached hydrogen (secondary N) is 2. The second-order valence-electron chi connectivity index (χ2n) is 4.27. The first-order valence-corrected chi connectivity index (χ1v) is 5.33. The van der Waals surface area contributed by atoms with E-state index in [9.17, 15) is 13.6 Å². The smallest absolute Gasteiger partial charge is 0.240 e. The van der Waals surface area contributed by atoms with Crippen molar-refractivity contribution in [2.24, 2.45) is 0 Å². The van der Waals surface area contributed by atoms with Crippen LogP contribution in [0.15, 0.2) is 24.3 Å². The summed E-state index contributed by atoms with van der Waals surface area (Å²) in [6.07, 6.45) is 3.50. The van der Waals surface area contributed by atoms with Gasteiger partial charge in [0.25, 0.3) is 0 Å². The lowest BCUT2D eigenvalue weighted by Gasteiger charge is -2.27. The molecule has 1 amide bonds. The predicted octanol–water partition coefficient (Wildman–Crippen LogP) is 1.31. The Balaban J connectivity index is 2.25. The number of hydrogen-bond acceptors (Lipinski definition) is 2. The van der Waals surface area contributed by atoms with Crippen LogP contribution in [0.3, 0.4) is 0 Å². The Morgan fingerprint density at radius 1 is 1.29 bits per heavy atom. The second kappa shape index (κ2) is 3.37. The summed E-state index contributed by atoms with van der Waals surface area (Å²) in [7, 11) is 0. The van der Waals surface area contributed by atoms with Crippen LogP contribution in [0.2, 0.25) is 0 Å². The van der Waals surface area contributed by atoms with E-state index in [4.69, 9.17) is 0 Å². The number of benzene rings is 1. The molecule has 0 saturated carbocycles. The zero-order valence-electron chi connectivity index (χ0n) is 8.89. The molecule has 1 atom stereocenters. The van der Waals surface area contributed by atoms with E-state index in [1.54, 1.807) is 12.2 Å². The molecule has 5 heteroatoms. The molecule has 2 heterocycles. The van der Waals surface area contributed by atoms with Gasteiger partial charge in [-0.15, -0.1) is 0 Å². The fourth-order valence-corrected chi connectivity index (χ4v) is 2.41. The number of rotatable bonds is 0. The van der Waals surface area contributed by atoms with Crippen molar-refractivity contribution in [1.29, 1.82) is 0 Å². The van der Waals surface area contributed by atoms with Gasteiger partial charge in [-0.25, -0.2) is 8.78 Å². The number of halogens is 2. The number of anilines is 1. The average Bonchev–Trinajstić information content (AvgIpc) is 2.56. The third-order valence-corrected chi connectivity index (χ3v) is 3.25. The fourth-order valence-electron chi connectivity index (χ4n) is 2.41. The first-order valence-electron chi connectivity index (χ1n) is 5.33. The molecule has 1 spiro atoms. The molecule has 0 aliphatic carbocycles. The van der Waals surface area contributed by atoms with E-state index < -0.39 is 17.0 Å². The van der Waals surface area contributed by atoms with E-state index in [0.717, 1.165) is 6.07 Å². The first-order chi connectivity index (χ1) is 8.13. The Kier molecular flexibility index (Phi) is 2.06. The van der Waals surface area contributed by atoms with Gasteiger partial charge in [0.2, 0.25) is 5.91 Å². The van der Waals surface area contributed by atoms with Gasteiger partial charge in [-0.1, -0.05) is 12.2 Å². The summed E-state index contributed by atoms with van der Waals surface area (Å²) < 4.78 is 26.8. The Labute approximate surface area is 96.5 Å². The van der Waals surface area contributed by atoms with E-state index >= 15 is 0 Å². The molecule has 1 aromatic rings. The number of amides is 1. The quantitative estimate of drug-likeness (QED) is 0.667. The molecule has 0 radical (unpaired) electrons. The maximum atomic E-state index is 13.6. The van der Waals surface area contributed by atoms with Crippen LogP contribution >= 0.6 is 0 Å². The molecule has 17 heavy (non-hydrogen) atoms. The van der Waals surface area contributed by atoms with Crippen LogP contribution in [-0.2, 0) is 10.2 Å². The van der Waals surface area contributed by atoms with Gasteiger partial charge in [-0.05, 0) is 6.07 Å². The Bertz CT molecular complexity index is 542. The van der Waals surface area contributed by atoms with Crippen LogP contribution in [0.1, 0.15) is 5.56 Å². The molecule has 0 bridgehead atoms. The van der Waals surface area contributed by atoms with Gasteiger partial charge < -0.3 is 10.6 Å². The van der Waals surface area contributed by atoms with Crippen LogP contribution in [0.5, 0.6) is 0 Å². The summed E-state index contributed by atoms with van der Waals surface area (Å²) in [5, 5.41) is 5.52. The summed E-state index contributed by atoms with van der Waals surface area (Å²) in [6.45, 7) is 1.01. The van der Waals surface area contributed by atoms with E-state index in [2.05, 4.69) is 10.6 Å². The topological polar surface area (TPSA) is 41.1 Å². The summed E-state index contributed by atoms with van der Waals surface area (Å²) in [6, 6.07) is 1.99. The average molecular weight is 236 g/mol. The SMILES string of the molecule is O=C1Nc2c(F)cc(F)cc2C12C=CCNC2. The second-order valence-corrected chi connectivity index (χ2v) is 4.27. The standard InChI is InChI=1S/C12H10F2N2O/c13-7-4-8-10(9(14)5-7)16-11(17)12(8)2-1-3-15-6-12/h1-2,4-5,15H,3,6H2,(H,16,17). The number of carbonyl (C=O) groups is 1. The van der Waals surface area contributed by atoms with Crippen molar-refractivity contribution in [3.05, 3.63) is 41.5 Å². The highest BCUT2D eigenvalue weighted by Crippen LogP contribution is 2.41. The lowest BCUT2D eigenvalue weighted by molar-refractivity contribution is -0.119. The molecule has 3 nitrogen and oxygen atoms in total. The van der Waals surface area contributed by atoms with Crippen molar-refractivity contribution in [2.75, 3.05) is 18.4 Å². The summed E-state index contributed by atoms with van der Waals surface area (Å²) in [5.74, 6) is -1.72. The van der Waals surface area contributed by atoms with Gasteiger partial charge in [-0.2, -0.15) is 0 Å². The highest BCUT2D eigenvalue weighted by molar-refractivity contribution is 6.08. The van der Waals surface area contributed by atoms with Gasteiger partial charge in [0.05, 0.1) is 5.69 Å². The van der Waals surface area contributed by atoms with Crippen molar-refractivity contribution in [3.63, 3.8) is 0 Å². The van der Waals surface area contributed by atoms with Gasteiger partial charge in [0.1, 0.15) is 17.0 Å². The largest absolute Gasteiger partial charge is 0.322 e. The first kappa shape index (κ1) is 10.4. The van der Waals surface area contributed by atoms with E-state index in [0.29, 0.717) is 18.7 Å². The summed E-state index contributed by atoms with van der Waals surface area (Å²) >= 11 is 0. The number of hydrogen-bond donors (Lipinski definition) is 2. The molecule has 0 saturated heterocycles. The van der Waals surface area contributed by atoms with Crippen LogP contribution < -0.4 is 10.6 Å². The lowest BCUT2D eigenvalue weighted by atomic mass is 9.79. The van der Waals surface area contributed by atoms with E-state index in [1.165, 1.54) is 6.07 Å². The van der Waals surface area contributed by atoms with Crippen molar-refractivity contribution < 1.29 is 13.6 Å². The third kappa shape index (κ3) is 1.32. The van der Waals surface area contributed by atoms with E-state index in [-0.39, 0.29) is 11.6 Å². The molecule has 2 aliphatic rings. The van der Waals surface area contributed by atoms with Crippen molar-refractivity contribution >= 4 is 11.6 Å².